The lowest BCUT2D eigenvalue weighted by Gasteiger charge is -2.28. The van der Waals surface area contributed by atoms with E-state index in [9.17, 15) is 9.90 Å². The maximum atomic E-state index is 12.4. The van der Waals surface area contributed by atoms with Crippen molar-refractivity contribution in [3.8, 4) is 0 Å². The lowest BCUT2D eigenvalue weighted by Crippen LogP contribution is -2.42. The van der Waals surface area contributed by atoms with E-state index in [0.717, 1.165) is 10.6 Å². The van der Waals surface area contributed by atoms with Crippen LogP contribution in [0.15, 0.2) is 24.3 Å². The second-order valence-corrected chi connectivity index (χ2v) is 7.99. The first-order valence-electron chi connectivity index (χ1n) is 9.90. The van der Waals surface area contributed by atoms with Crippen LogP contribution in [0.2, 0.25) is 5.02 Å². The number of rotatable bonds is 6. The Morgan fingerprint density at radius 2 is 2.04 bits per heavy atom. The molecule has 28 heavy (non-hydrogen) atoms. The number of aliphatic hydroxyl groups excluding tert-OH is 1. The number of nitrogens with zero attached hydrogens (tertiary/aromatic N) is 1. The van der Waals surface area contributed by atoms with E-state index >= 15 is 0 Å². The van der Waals surface area contributed by atoms with Crippen molar-refractivity contribution in [3.63, 3.8) is 0 Å². The SMILES string of the molecule is O=C(C[C@@H]1C[C@H]2O[C@H](CNCc3ccccc3Cl)[C@@H](O)[C@H]2O1)N1CCOCC1. The van der Waals surface area contributed by atoms with Crippen molar-refractivity contribution in [2.24, 2.45) is 0 Å². The predicted molar refractivity (Wildman–Crippen MR) is 103 cm³/mol. The summed E-state index contributed by atoms with van der Waals surface area (Å²) >= 11 is 6.16. The Balaban J connectivity index is 1.22. The van der Waals surface area contributed by atoms with Crippen molar-refractivity contribution in [2.75, 3.05) is 32.8 Å². The third-order valence-electron chi connectivity index (χ3n) is 5.66. The highest BCUT2D eigenvalue weighted by Crippen LogP contribution is 2.35. The van der Waals surface area contributed by atoms with Gasteiger partial charge in [-0.1, -0.05) is 29.8 Å². The van der Waals surface area contributed by atoms with E-state index in [0.29, 0.717) is 52.2 Å². The highest BCUT2D eigenvalue weighted by molar-refractivity contribution is 6.31. The molecule has 0 saturated carbocycles. The summed E-state index contributed by atoms with van der Waals surface area (Å²) < 4.78 is 17.3. The molecule has 4 rings (SSSR count). The molecule has 7 nitrogen and oxygen atoms in total. The van der Waals surface area contributed by atoms with E-state index in [2.05, 4.69) is 5.32 Å². The first kappa shape index (κ1) is 20.1. The number of nitrogens with one attached hydrogen (secondary N) is 1. The van der Waals surface area contributed by atoms with Gasteiger partial charge < -0.3 is 29.5 Å². The molecule has 0 aromatic heterocycles. The fourth-order valence-corrected chi connectivity index (χ4v) is 4.34. The molecule has 0 bridgehead atoms. The number of aliphatic hydroxyl groups is 1. The van der Waals surface area contributed by atoms with Crippen LogP contribution in [0.25, 0.3) is 0 Å². The van der Waals surface area contributed by atoms with Crippen LogP contribution in [0.1, 0.15) is 18.4 Å². The molecule has 0 radical (unpaired) electrons. The van der Waals surface area contributed by atoms with Gasteiger partial charge in [-0.2, -0.15) is 0 Å². The summed E-state index contributed by atoms with van der Waals surface area (Å²) in [6.07, 6.45) is -0.783. The molecule has 3 aliphatic rings. The van der Waals surface area contributed by atoms with Crippen LogP contribution in [-0.2, 0) is 25.5 Å². The van der Waals surface area contributed by atoms with Gasteiger partial charge in [0.1, 0.15) is 12.2 Å². The van der Waals surface area contributed by atoms with Crippen LogP contribution in [0.3, 0.4) is 0 Å². The average Bonchev–Trinajstić information content (AvgIpc) is 3.22. The number of benzene rings is 1. The first-order valence-corrected chi connectivity index (χ1v) is 10.3. The number of carbonyl (C=O) groups excluding carboxylic acids is 1. The van der Waals surface area contributed by atoms with Crippen molar-refractivity contribution in [1.29, 1.82) is 0 Å². The maximum Gasteiger partial charge on any atom is 0.225 e. The number of carbonyl (C=O) groups is 1. The molecule has 5 atom stereocenters. The molecule has 1 aromatic rings. The summed E-state index contributed by atoms with van der Waals surface area (Å²) in [5.74, 6) is 0.0840. The van der Waals surface area contributed by atoms with E-state index in [4.69, 9.17) is 25.8 Å². The topological polar surface area (TPSA) is 80.3 Å². The molecule has 8 heteroatoms. The largest absolute Gasteiger partial charge is 0.388 e. The van der Waals surface area contributed by atoms with Gasteiger partial charge in [0.15, 0.2) is 0 Å². The first-order chi connectivity index (χ1) is 13.6. The van der Waals surface area contributed by atoms with Gasteiger partial charge in [-0.15, -0.1) is 0 Å². The van der Waals surface area contributed by atoms with Gasteiger partial charge in [0.05, 0.1) is 37.9 Å². The summed E-state index contributed by atoms with van der Waals surface area (Å²) in [7, 11) is 0. The number of ether oxygens (including phenoxy) is 3. The van der Waals surface area contributed by atoms with Gasteiger partial charge in [0.2, 0.25) is 5.91 Å². The predicted octanol–water partition coefficient (Wildman–Crippen LogP) is 0.964. The van der Waals surface area contributed by atoms with Gasteiger partial charge >= 0.3 is 0 Å². The monoisotopic (exact) mass is 410 g/mol. The third kappa shape index (κ3) is 4.50. The second kappa shape index (κ2) is 9.07. The van der Waals surface area contributed by atoms with Gasteiger partial charge in [-0.3, -0.25) is 4.79 Å². The Morgan fingerprint density at radius 3 is 2.79 bits per heavy atom. The van der Waals surface area contributed by atoms with E-state index in [1.54, 1.807) is 0 Å². The fourth-order valence-electron chi connectivity index (χ4n) is 4.14. The highest BCUT2D eigenvalue weighted by Gasteiger charge is 2.50. The Morgan fingerprint density at radius 1 is 1.25 bits per heavy atom. The van der Waals surface area contributed by atoms with E-state index in [1.165, 1.54) is 0 Å². The van der Waals surface area contributed by atoms with Crippen LogP contribution in [-0.4, -0.2) is 79.3 Å². The molecule has 1 aromatic carbocycles. The molecule has 0 spiro atoms. The van der Waals surface area contributed by atoms with Crippen LogP contribution >= 0.6 is 11.6 Å². The van der Waals surface area contributed by atoms with Crippen molar-refractivity contribution < 1.29 is 24.1 Å². The average molecular weight is 411 g/mol. The van der Waals surface area contributed by atoms with Gasteiger partial charge in [-0.05, 0) is 11.6 Å². The van der Waals surface area contributed by atoms with Crippen LogP contribution in [0, 0.1) is 0 Å². The zero-order chi connectivity index (χ0) is 19.5. The molecule has 3 fully saturated rings. The van der Waals surface area contributed by atoms with Crippen LogP contribution in [0.5, 0.6) is 0 Å². The summed E-state index contributed by atoms with van der Waals surface area (Å²) in [5.41, 5.74) is 1.01. The zero-order valence-electron chi connectivity index (χ0n) is 15.8. The molecule has 3 heterocycles. The van der Waals surface area contributed by atoms with E-state index < -0.39 is 6.10 Å². The number of amides is 1. The van der Waals surface area contributed by atoms with Crippen molar-refractivity contribution in [1.82, 2.24) is 10.2 Å². The third-order valence-corrected chi connectivity index (χ3v) is 6.03. The van der Waals surface area contributed by atoms with E-state index in [-0.39, 0.29) is 30.3 Å². The Kier molecular flexibility index (Phi) is 6.50. The minimum Gasteiger partial charge on any atom is -0.388 e. The second-order valence-electron chi connectivity index (χ2n) is 7.58. The minimum atomic E-state index is -0.702. The minimum absolute atomic E-state index is 0.0840. The molecule has 3 saturated heterocycles. The Labute approximate surface area is 169 Å². The van der Waals surface area contributed by atoms with Crippen LogP contribution < -0.4 is 5.32 Å². The number of fused-ring (bicyclic) bond motifs is 1. The van der Waals surface area contributed by atoms with E-state index in [1.807, 2.05) is 29.2 Å². The molecule has 0 unspecified atom stereocenters. The lowest BCUT2D eigenvalue weighted by atomic mass is 10.1. The smallest absolute Gasteiger partial charge is 0.225 e. The number of halogens is 1. The molecular weight excluding hydrogens is 384 g/mol. The quantitative estimate of drug-likeness (QED) is 0.727. The van der Waals surface area contributed by atoms with Crippen LogP contribution in [0.4, 0.5) is 0 Å². The highest BCUT2D eigenvalue weighted by atomic mass is 35.5. The van der Waals surface area contributed by atoms with Crippen molar-refractivity contribution >= 4 is 17.5 Å². The zero-order valence-corrected chi connectivity index (χ0v) is 16.5. The molecule has 154 valence electrons. The summed E-state index contributed by atoms with van der Waals surface area (Å²) in [6.45, 7) is 3.58. The number of hydrogen-bond acceptors (Lipinski definition) is 6. The summed E-state index contributed by atoms with van der Waals surface area (Å²) in [6, 6.07) is 7.67. The van der Waals surface area contributed by atoms with Gasteiger partial charge in [0, 0.05) is 37.6 Å². The fraction of sp³-hybridized carbons (Fsp3) is 0.650. The number of hydrogen-bond donors (Lipinski definition) is 2. The normalized spacial score (nSPS) is 32.5. The summed E-state index contributed by atoms with van der Waals surface area (Å²) in [4.78, 5) is 14.2. The molecule has 1 amide bonds. The Hall–Kier alpha value is -1.22. The number of morpholine rings is 1. The molecular formula is C20H27ClN2O5. The van der Waals surface area contributed by atoms with Crippen molar-refractivity contribution in [2.45, 2.75) is 49.9 Å². The maximum absolute atomic E-state index is 12.4. The standard InChI is InChI=1S/C20H27ClN2O5/c21-15-4-2-1-3-13(15)11-22-12-17-19(25)20-16(28-17)9-14(27-20)10-18(24)23-5-7-26-8-6-23/h1-4,14,16-17,19-20,22,25H,5-12H2/t14-,16+,17+,19+,20-/m0/s1. The molecule has 0 aliphatic carbocycles. The molecule has 3 aliphatic heterocycles. The molecule has 2 N–H and O–H groups in total. The summed E-state index contributed by atoms with van der Waals surface area (Å²) in [5, 5.41) is 14.6. The Bertz CT molecular complexity index is 684. The van der Waals surface area contributed by atoms with Gasteiger partial charge in [0.25, 0.3) is 0 Å². The lowest BCUT2D eigenvalue weighted by molar-refractivity contribution is -0.138. The van der Waals surface area contributed by atoms with Crippen molar-refractivity contribution in [3.05, 3.63) is 34.9 Å². The van der Waals surface area contributed by atoms with Gasteiger partial charge in [-0.25, -0.2) is 0 Å².